The molecule has 4 heteroatoms. The second-order valence-corrected chi connectivity index (χ2v) is 4.78. The van der Waals surface area contributed by atoms with Gasteiger partial charge in [-0.15, -0.1) is 0 Å². The molecule has 0 aromatic heterocycles. The molecule has 0 saturated carbocycles. The van der Waals surface area contributed by atoms with Crippen molar-refractivity contribution in [3.63, 3.8) is 0 Å². The maximum atomic E-state index is 6.17. The Hall–Kier alpha value is -1.87. The summed E-state index contributed by atoms with van der Waals surface area (Å²) in [5.74, 6) is 0.757. The van der Waals surface area contributed by atoms with E-state index in [9.17, 15) is 0 Å². The Labute approximate surface area is 118 Å². The van der Waals surface area contributed by atoms with Crippen LogP contribution in [0.2, 0.25) is 5.02 Å². The van der Waals surface area contributed by atoms with Gasteiger partial charge in [-0.3, -0.25) is 0 Å². The van der Waals surface area contributed by atoms with Gasteiger partial charge in [-0.25, -0.2) is 0 Å². The van der Waals surface area contributed by atoms with Crippen molar-refractivity contribution < 1.29 is 4.74 Å². The first kappa shape index (κ1) is 13.6. The van der Waals surface area contributed by atoms with Gasteiger partial charge >= 0.3 is 0 Å². The van der Waals surface area contributed by atoms with Crippen LogP contribution < -0.4 is 15.4 Å². The average Bonchev–Trinajstić information content (AvgIpc) is 2.41. The van der Waals surface area contributed by atoms with Gasteiger partial charge in [-0.2, -0.15) is 0 Å². The Kier molecular flexibility index (Phi) is 4.17. The van der Waals surface area contributed by atoms with Crippen molar-refractivity contribution in [2.24, 2.45) is 0 Å². The van der Waals surface area contributed by atoms with Crippen LogP contribution in [-0.4, -0.2) is 14.2 Å². The second-order valence-electron chi connectivity index (χ2n) is 4.37. The SMILES string of the molecule is COc1ccc(N(C)Cc2ccccc2Cl)c(N)c1. The zero-order valence-electron chi connectivity index (χ0n) is 11.1. The van der Waals surface area contributed by atoms with Crippen LogP contribution in [0.5, 0.6) is 5.75 Å². The number of hydrogen-bond acceptors (Lipinski definition) is 3. The first-order chi connectivity index (χ1) is 9.11. The van der Waals surface area contributed by atoms with E-state index in [2.05, 4.69) is 4.90 Å². The van der Waals surface area contributed by atoms with Crippen molar-refractivity contribution >= 4 is 23.0 Å². The normalized spacial score (nSPS) is 10.3. The van der Waals surface area contributed by atoms with E-state index in [1.54, 1.807) is 7.11 Å². The number of nitrogens with zero attached hydrogens (tertiary/aromatic N) is 1. The summed E-state index contributed by atoms with van der Waals surface area (Å²) < 4.78 is 5.15. The Balaban J connectivity index is 2.21. The van der Waals surface area contributed by atoms with Crippen LogP contribution in [-0.2, 0) is 6.54 Å². The van der Waals surface area contributed by atoms with E-state index >= 15 is 0 Å². The third-order valence-electron chi connectivity index (χ3n) is 3.01. The molecule has 0 spiro atoms. The van der Waals surface area contributed by atoms with Gasteiger partial charge in [0.1, 0.15) is 5.75 Å². The molecule has 2 N–H and O–H groups in total. The van der Waals surface area contributed by atoms with Crippen molar-refractivity contribution in [3.05, 3.63) is 53.1 Å². The molecule has 0 atom stereocenters. The minimum atomic E-state index is 0.689. The summed E-state index contributed by atoms with van der Waals surface area (Å²) in [6, 6.07) is 13.5. The molecule has 0 aliphatic carbocycles. The predicted octanol–water partition coefficient (Wildman–Crippen LogP) is 3.57. The molecule has 0 aliphatic heterocycles. The number of halogens is 1. The van der Waals surface area contributed by atoms with Crippen molar-refractivity contribution in [2.45, 2.75) is 6.54 Å². The van der Waals surface area contributed by atoms with E-state index in [1.807, 2.05) is 49.5 Å². The predicted molar refractivity (Wildman–Crippen MR) is 81.0 cm³/mol. The lowest BCUT2D eigenvalue weighted by atomic mass is 10.2. The number of rotatable bonds is 4. The number of hydrogen-bond donors (Lipinski definition) is 1. The van der Waals surface area contributed by atoms with Gasteiger partial charge in [0.15, 0.2) is 0 Å². The van der Waals surface area contributed by atoms with Gasteiger partial charge in [-0.1, -0.05) is 29.8 Å². The Morgan fingerprint density at radius 1 is 1.21 bits per heavy atom. The van der Waals surface area contributed by atoms with Crippen LogP contribution in [0.4, 0.5) is 11.4 Å². The minimum absolute atomic E-state index is 0.689. The molecule has 0 fully saturated rings. The van der Waals surface area contributed by atoms with E-state index in [-0.39, 0.29) is 0 Å². The third kappa shape index (κ3) is 3.12. The highest BCUT2D eigenvalue weighted by Crippen LogP contribution is 2.28. The van der Waals surface area contributed by atoms with Crippen LogP contribution in [0.15, 0.2) is 42.5 Å². The molecule has 0 heterocycles. The van der Waals surface area contributed by atoms with Crippen LogP contribution in [0.3, 0.4) is 0 Å². The molecule has 0 saturated heterocycles. The molecule has 0 unspecified atom stereocenters. The summed E-state index contributed by atoms with van der Waals surface area (Å²) >= 11 is 6.17. The number of nitrogens with two attached hydrogens (primary N) is 1. The van der Waals surface area contributed by atoms with E-state index in [1.165, 1.54) is 0 Å². The maximum absolute atomic E-state index is 6.17. The Morgan fingerprint density at radius 2 is 1.95 bits per heavy atom. The fourth-order valence-corrected chi connectivity index (χ4v) is 2.17. The van der Waals surface area contributed by atoms with Gasteiger partial charge in [0.05, 0.1) is 18.5 Å². The highest BCUT2D eigenvalue weighted by Gasteiger charge is 2.08. The standard InChI is InChI=1S/C15H17ClN2O/c1-18(10-11-5-3-4-6-13(11)16)15-8-7-12(19-2)9-14(15)17/h3-9H,10,17H2,1-2H3. The molecule has 2 aromatic rings. The molecule has 2 rings (SSSR count). The van der Waals surface area contributed by atoms with E-state index < -0.39 is 0 Å². The van der Waals surface area contributed by atoms with Crippen molar-refractivity contribution in [3.8, 4) is 5.75 Å². The molecule has 0 aliphatic rings. The molecule has 19 heavy (non-hydrogen) atoms. The number of nitrogen functional groups attached to an aromatic ring is 1. The Morgan fingerprint density at radius 3 is 2.58 bits per heavy atom. The van der Waals surface area contributed by atoms with Gasteiger partial charge < -0.3 is 15.4 Å². The number of anilines is 2. The lowest BCUT2D eigenvalue weighted by molar-refractivity contribution is 0.415. The summed E-state index contributed by atoms with van der Waals surface area (Å²) in [5, 5.41) is 0.765. The molecular formula is C15H17ClN2O. The van der Waals surface area contributed by atoms with E-state index in [0.717, 1.165) is 22.0 Å². The van der Waals surface area contributed by atoms with Crippen molar-refractivity contribution in [1.82, 2.24) is 0 Å². The number of methoxy groups -OCH3 is 1. The Bertz CT molecular complexity index is 572. The maximum Gasteiger partial charge on any atom is 0.121 e. The largest absolute Gasteiger partial charge is 0.497 e. The molecule has 2 aromatic carbocycles. The van der Waals surface area contributed by atoms with Crippen LogP contribution in [0, 0.1) is 0 Å². The topological polar surface area (TPSA) is 38.5 Å². The van der Waals surface area contributed by atoms with E-state index in [0.29, 0.717) is 12.2 Å². The van der Waals surface area contributed by atoms with Crippen LogP contribution in [0.1, 0.15) is 5.56 Å². The van der Waals surface area contributed by atoms with Crippen LogP contribution in [0.25, 0.3) is 0 Å². The molecular weight excluding hydrogens is 260 g/mol. The molecule has 0 radical (unpaired) electrons. The number of ether oxygens (including phenoxy) is 1. The van der Waals surface area contributed by atoms with Gasteiger partial charge in [0.2, 0.25) is 0 Å². The zero-order valence-corrected chi connectivity index (χ0v) is 11.8. The summed E-state index contributed by atoms with van der Waals surface area (Å²) in [4.78, 5) is 2.07. The first-order valence-electron chi connectivity index (χ1n) is 6.00. The van der Waals surface area contributed by atoms with Crippen LogP contribution >= 0.6 is 11.6 Å². The summed E-state index contributed by atoms with van der Waals surface area (Å²) in [5.41, 5.74) is 8.75. The lowest BCUT2D eigenvalue weighted by Crippen LogP contribution is -2.18. The molecule has 0 amide bonds. The highest BCUT2D eigenvalue weighted by atomic mass is 35.5. The fourth-order valence-electron chi connectivity index (χ4n) is 1.97. The van der Waals surface area contributed by atoms with Gasteiger partial charge in [0, 0.05) is 24.7 Å². The third-order valence-corrected chi connectivity index (χ3v) is 3.38. The quantitative estimate of drug-likeness (QED) is 0.868. The smallest absolute Gasteiger partial charge is 0.121 e. The summed E-state index contributed by atoms with van der Waals surface area (Å²) in [6.45, 7) is 0.705. The zero-order chi connectivity index (χ0) is 13.8. The van der Waals surface area contributed by atoms with Gasteiger partial charge in [0.25, 0.3) is 0 Å². The molecule has 0 bridgehead atoms. The lowest BCUT2D eigenvalue weighted by Gasteiger charge is -2.22. The summed E-state index contributed by atoms with van der Waals surface area (Å²) in [6.07, 6.45) is 0. The highest BCUT2D eigenvalue weighted by molar-refractivity contribution is 6.31. The minimum Gasteiger partial charge on any atom is -0.497 e. The van der Waals surface area contributed by atoms with Crippen molar-refractivity contribution in [1.29, 1.82) is 0 Å². The van der Waals surface area contributed by atoms with Crippen molar-refractivity contribution in [2.75, 3.05) is 24.8 Å². The summed E-state index contributed by atoms with van der Waals surface area (Å²) in [7, 11) is 3.61. The fraction of sp³-hybridized carbons (Fsp3) is 0.200. The molecule has 3 nitrogen and oxygen atoms in total. The van der Waals surface area contributed by atoms with Gasteiger partial charge in [-0.05, 0) is 23.8 Å². The number of benzene rings is 2. The first-order valence-corrected chi connectivity index (χ1v) is 6.37. The average molecular weight is 277 g/mol. The van der Waals surface area contributed by atoms with E-state index in [4.69, 9.17) is 22.1 Å². The molecule has 100 valence electrons. The monoisotopic (exact) mass is 276 g/mol. The second kappa shape index (κ2) is 5.85.